The van der Waals surface area contributed by atoms with E-state index in [0.29, 0.717) is 6.54 Å². The summed E-state index contributed by atoms with van der Waals surface area (Å²) < 4.78 is 0. The lowest BCUT2D eigenvalue weighted by molar-refractivity contribution is 1.01. The number of nitrogens with zero attached hydrogens (tertiary/aromatic N) is 1. The molecule has 0 aromatic carbocycles. The van der Waals surface area contributed by atoms with Gasteiger partial charge in [-0.3, -0.25) is 0 Å². The number of rotatable bonds is 4. The van der Waals surface area contributed by atoms with Crippen LogP contribution in [0.3, 0.4) is 0 Å². The van der Waals surface area contributed by atoms with Crippen LogP contribution in [-0.2, 0) is 6.54 Å². The lowest BCUT2D eigenvalue weighted by Gasteiger charge is -2.00. The van der Waals surface area contributed by atoms with E-state index >= 15 is 0 Å². The Labute approximate surface area is 77.6 Å². The number of pyridine rings is 1. The second-order valence-corrected chi connectivity index (χ2v) is 3.67. The lowest BCUT2D eigenvalue weighted by Crippen LogP contribution is -1.96. The van der Waals surface area contributed by atoms with E-state index in [1.54, 1.807) is 11.8 Å². The molecule has 0 fully saturated rings. The molecule has 1 aromatic rings. The molecule has 1 rings (SSSR count). The van der Waals surface area contributed by atoms with Crippen molar-refractivity contribution in [3.63, 3.8) is 0 Å². The summed E-state index contributed by atoms with van der Waals surface area (Å²) >= 11 is 1.78. The van der Waals surface area contributed by atoms with Gasteiger partial charge in [-0.1, -0.05) is 6.92 Å². The van der Waals surface area contributed by atoms with Crippen LogP contribution in [0.4, 0.5) is 0 Å². The Balaban J connectivity index is 2.60. The molecule has 2 nitrogen and oxygen atoms in total. The monoisotopic (exact) mass is 182 g/mol. The SMILES string of the molecule is CCCSc1cc(CN)ccn1. The Morgan fingerprint density at radius 1 is 1.58 bits per heavy atom. The molecule has 3 heteroatoms. The highest BCUT2D eigenvalue weighted by atomic mass is 32.2. The summed E-state index contributed by atoms with van der Waals surface area (Å²) in [4.78, 5) is 4.23. The fraction of sp³-hybridized carbons (Fsp3) is 0.444. The van der Waals surface area contributed by atoms with Crippen molar-refractivity contribution in [2.24, 2.45) is 5.73 Å². The van der Waals surface area contributed by atoms with Gasteiger partial charge >= 0.3 is 0 Å². The van der Waals surface area contributed by atoms with Gasteiger partial charge in [0.05, 0.1) is 5.03 Å². The molecule has 0 unspecified atom stereocenters. The molecule has 0 radical (unpaired) electrons. The van der Waals surface area contributed by atoms with Crippen molar-refractivity contribution < 1.29 is 0 Å². The van der Waals surface area contributed by atoms with Crippen LogP contribution < -0.4 is 5.73 Å². The zero-order chi connectivity index (χ0) is 8.81. The Morgan fingerprint density at radius 3 is 3.08 bits per heavy atom. The molecular weight excluding hydrogens is 168 g/mol. The molecular formula is C9H14N2S. The van der Waals surface area contributed by atoms with Gasteiger partial charge in [0.2, 0.25) is 0 Å². The highest BCUT2D eigenvalue weighted by Gasteiger charge is 1.95. The van der Waals surface area contributed by atoms with Gasteiger partial charge in [0, 0.05) is 12.7 Å². The van der Waals surface area contributed by atoms with Crippen LogP contribution in [0.1, 0.15) is 18.9 Å². The van der Waals surface area contributed by atoms with Crippen molar-refractivity contribution in [1.82, 2.24) is 4.98 Å². The lowest BCUT2D eigenvalue weighted by atomic mass is 10.3. The van der Waals surface area contributed by atoms with E-state index in [2.05, 4.69) is 18.0 Å². The van der Waals surface area contributed by atoms with Crippen LogP contribution in [0.2, 0.25) is 0 Å². The molecule has 0 saturated heterocycles. The van der Waals surface area contributed by atoms with E-state index in [0.717, 1.165) is 16.3 Å². The maximum absolute atomic E-state index is 5.51. The van der Waals surface area contributed by atoms with Crippen molar-refractivity contribution in [3.8, 4) is 0 Å². The van der Waals surface area contributed by atoms with Crippen LogP contribution in [-0.4, -0.2) is 10.7 Å². The normalized spacial score (nSPS) is 10.2. The van der Waals surface area contributed by atoms with E-state index in [9.17, 15) is 0 Å². The van der Waals surface area contributed by atoms with Crippen LogP contribution in [0.5, 0.6) is 0 Å². The van der Waals surface area contributed by atoms with Gasteiger partial charge in [0.1, 0.15) is 0 Å². The molecule has 1 aromatic heterocycles. The molecule has 0 aliphatic heterocycles. The molecule has 0 aliphatic rings. The quantitative estimate of drug-likeness (QED) is 0.724. The molecule has 2 N–H and O–H groups in total. The van der Waals surface area contributed by atoms with E-state index in [-0.39, 0.29) is 0 Å². The summed E-state index contributed by atoms with van der Waals surface area (Å²) in [5.74, 6) is 1.13. The Kier molecular flexibility index (Phi) is 4.11. The van der Waals surface area contributed by atoms with Crippen LogP contribution in [0.15, 0.2) is 23.4 Å². The predicted molar refractivity (Wildman–Crippen MR) is 53.1 cm³/mol. The number of hydrogen-bond donors (Lipinski definition) is 1. The minimum absolute atomic E-state index is 0.599. The van der Waals surface area contributed by atoms with E-state index < -0.39 is 0 Å². The summed E-state index contributed by atoms with van der Waals surface area (Å²) in [5.41, 5.74) is 6.67. The fourth-order valence-corrected chi connectivity index (χ4v) is 1.65. The van der Waals surface area contributed by atoms with Gasteiger partial charge in [0.25, 0.3) is 0 Å². The van der Waals surface area contributed by atoms with E-state index in [1.165, 1.54) is 6.42 Å². The predicted octanol–water partition coefficient (Wildman–Crippen LogP) is 2.04. The van der Waals surface area contributed by atoms with Gasteiger partial charge in [-0.25, -0.2) is 4.98 Å². The van der Waals surface area contributed by atoms with Gasteiger partial charge in [0.15, 0.2) is 0 Å². The topological polar surface area (TPSA) is 38.9 Å². The molecule has 66 valence electrons. The zero-order valence-corrected chi connectivity index (χ0v) is 8.10. The Morgan fingerprint density at radius 2 is 2.42 bits per heavy atom. The number of aromatic nitrogens is 1. The molecule has 0 aliphatic carbocycles. The largest absolute Gasteiger partial charge is 0.326 e. The second kappa shape index (κ2) is 5.17. The van der Waals surface area contributed by atoms with Gasteiger partial charge in [-0.2, -0.15) is 0 Å². The smallest absolute Gasteiger partial charge is 0.0963 e. The summed E-state index contributed by atoms with van der Waals surface area (Å²) in [7, 11) is 0. The van der Waals surface area contributed by atoms with Gasteiger partial charge in [-0.15, -0.1) is 11.8 Å². The van der Waals surface area contributed by atoms with E-state index in [1.807, 2.05) is 12.3 Å². The first-order valence-corrected chi connectivity index (χ1v) is 5.13. The Bertz CT molecular complexity index is 238. The van der Waals surface area contributed by atoms with Crippen molar-refractivity contribution in [3.05, 3.63) is 23.9 Å². The highest BCUT2D eigenvalue weighted by molar-refractivity contribution is 7.99. The van der Waals surface area contributed by atoms with Gasteiger partial charge < -0.3 is 5.73 Å². The first-order chi connectivity index (χ1) is 5.86. The maximum atomic E-state index is 5.51. The average molecular weight is 182 g/mol. The standard InChI is InChI=1S/C9H14N2S/c1-2-5-12-9-6-8(7-10)3-4-11-9/h3-4,6H,2,5,7,10H2,1H3. The summed E-state index contributed by atoms with van der Waals surface area (Å²) in [5, 5.41) is 1.08. The number of nitrogens with two attached hydrogens (primary N) is 1. The van der Waals surface area contributed by atoms with E-state index in [4.69, 9.17) is 5.73 Å². The minimum atomic E-state index is 0.599. The first-order valence-electron chi connectivity index (χ1n) is 4.14. The number of hydrogen-bond acceptors (Lipinski definition) is 3. The molecule has 1 heterocycles. The second-order valence-electron chi connectivity index (χ2n) is 2.55. The molecule has 0 spiro atoms. The third kappa shape index (κ3) is 2.83. The fourth-order valence-electron chi connectivity index (χ4n) is 0.863. The first kappa shape index (κ1) is 9.55. The molecule has 0 bridgehead atoms. The Hall–Kier alpha value is -0.540. The molecule has 0 atom stereocenters. The summed E-state index contributed by atoms with van der Waals surface area (Å²) in [6, 6.07) is 4.01. The molecule has 0 amide bonds. The van der Waals surface area contributed by atoms with Crippen LogP contribution in [0.25, 0.3) is 0 Å². The van der Waals surface area contributed by atoms with Crippen molar-refractivity contribution in [1.29, 1.82) is 0 Å². The minimum Gasteiger partial charge on any atom is -0.326 e. The van der Waals surface area contributed by atoms with Crippen molar-refractivity contribution >= 4 is 11.8 Å². The third-order valence-electron chi connectivity index (χ3n) is 1.49. The zero-order valence-electron chi connectivity index (χ0n) is 7.29. The summed E-state index contributed by atoms with van der Waals surface area (Å²) in [6.07, 6.45) is 3.00. The maximum Gasteiger partial charge on any atom is 0.0963 e. The van der Waals surface area contributed by atoms with Gasteiger partial charge in [-0.05, 0) is 29.9 Å². The van der Waals surface area contributed by atoms with Crippen molar-refractivity contribution in [2.45, 2.75) is 24.9 Å². The summed E-state index contributed by atoms with van der Waals surface area (Å²) in [6.45, 7) is 2.77. The number of thioether (sulfide) groups is 1. The van der Waals surface area contributed by atoms with Crippen LogP contribution >= 0.6 is 11.8 Å². The van der Waals surface area contributed by atoms with Crippen LogP contribution in [0, 0.1) is 0 Å². The third-order valence-corrected chi connectivity index (χ3v) is 2.62. The average Bonchev–Trinajstić information content (AvgIpc) is 2.15. The van der Waals surface area contributed by atoms with Crippen molar-refractivity contribution in [2.75, 3.05) is 5.75 Å². The molecule has 0 saturated carbocycles. The molecule has 12 heavy (non-hydrogen) atoms. The highest BCUT2D eigenvalue weighted by Crippen LogP contribution is 2.16.